The smallest absolute Gasteiger partial charge is 0.140 e. The maximum atomic E-state index is 4.61. The minimum atomic E-state index is 0.920. The average molecular weight is 241 g/mol. The van der Waals surface area contributed by atoms with Crippen molar-refractivity contribution in [2.24, 2.45) is 0 Å². The van der Waals surface area contributed by atoms with E-state index in [-0.39, 0.29) is 0 Å². The summed E-state index contributed by atoms with van der Waals surface area (Å²) in [5.41, 5.74) is 2.53. The van der Waals surface area contributed by atoms with Crippen LogP contribution in [-0.4, -0.2) is 22.8 Å². The number of nitrogens with zero attached hydrogens (tertiary/aromatic N) is 2. The van der Waals surface area contributed by atoms with E-state index >= 15 is 0 Å². The first-order valence-electron chi connectivity index (χ1n) is 5.07. The van der Waals surface area contributed by atoms with Gasteiger partial charge in [-0.2, -0.15) is 23.5 Å². The molecule has 0 saturated heterocycles. The van der Waals surface area contributed by atoms with Gasteiger partial charge in [-0.05, 0) is 5.75 Å². The zero-order valence-electron chi connectivity index (χ0n) is 9.04. The van der Waals surface area contributed by atoms with Crippen molar-refractivity contribution in [1.29, 1.82) is 0 Å². The van der Waals surface area contributed by atoms with E-state index in [1.807, 2.05) is 30.6 Å². The highest BCUT2D eigenvalue weighted by molar-refractivity contribution is 7.98. The Bertz CT molecular complexity index is 355. The first kappa shape index (κ1) is 11.1. The quantitative estimate of drug-likeness (QED) is 0.877. The summed E-state index contributed by atoms with van der Waals surface area (Å²) in [5, 5.41) is 3.17. The minimum absolute atomic E-state index is 0.920. The topological polar surface area (TPSA) is 37.8 Å². The number of aromatic nitrogens is 2. The van der Waals surface area contributed by atoms with Crippen molar-refractivity contribution in [2.75, 3.05) is 18.1 Å². The maximum absolute atomic E-state index is 4.61. The van der Waals surface area contributed by atoms with E-state index in [1.54, 1.807) is 0 Å². The van der Waals surface area contributed by atoms with Gasteiger partial charge in [0.25, 0.3) is 0 Å². The molecule has 15 heavy (non-hydrogen) atoms. The van der Waals surface area contributed by atoms with Crippen LogP contribution < -0.4 is 5.32 Å². The molecular weight excluding hydrogens is 226 g/mol. The van der Waals surface area contributed by atoms with Gasteiger partial charge in [-0.25, -0.2) is 9.97 Å². The van der Waals surface area contributed by atoms with Gasteiger partial charge < -0.3 is 5.32 Å². The van der Waals surface area contributed by atoms with E-state index < -0.39 is 0 Å². The molecule has 0 unspecified atom stereocenters. The van der Waals surface area contributed by atoms with Crippen LogP contribution in [0.2, 0.25) is 0 Å². The van der Waals surface area contributed by atoms with E-state index in [4.69, 9.17) is 0 Å². The van der Waals surface area contributed by atoms with Crippen molar-refractivity contribution >= 4 is 29.3 Å². The molecule has 1 aliphatic heterocycles. The van der Waals surface area contributed by atoms with Gasteiger partial charge >= 0.3 is 0 Å². The van der Waals surface area contributed by atoms with Gasteiger partial charge in [0, 0.05) is 24.1 Å². The molecule has 0 atom stereocenters. The van der Waals surface area contributed by atoms with Crippen molar-refractivity contribution in [3.05, 3.63) is 17.1 Å². The van der Waals surface area contributed by atoms with Gasteiger partial charge in [0.1, 0.15) is 11.6 Å². The largest absolute Gasteiger partial charge is 0.373 e. The van der Waals surface area contributed by atoms with Crippen molar-refractivity contribution < 1.29 is 0 Å². The molecule has 82 valence electrons. The third-order valence-corrected chi connectivity index (χ3v) is 4.14. The summed E-state index contributed by atoms with van der Waals surface area (Å²) >= 11 is 3.78. The molecule has 0 amide bonds. The standard InChI is InChI=1S/C10H15N3S2/c1-3-14-6-9-12-8-5-15-4-7(8)10(11-2)13-9/h3-6H2,1-2H3,(H,11,12,13). The normalized spacial score (nSPS) is 14.0. The molecule has 0 saturated carbocycles. The van der Waals surface area contributed by atoms with Gasteiger partial charge in [-0.1, -0.05) is 6.92 Å². The minimum Gasteiger partial charge on any atom is -0.373 e. The number of anilines is 1. The van der Waals surface area contributed by atoms with Crippen LogP contribution in [0.4, 0.5) is 5.82 Å². The lowest BCUT2D eigenvalue weighted by Gasteiger charge is -2.08. The second kappa shape index (κ2) is 5.07. The fraction of sp³-hybridized carbons (Fsp3) is 0.600. The molecule has 0 bridgehead atoms. The zero-order valence-corrected chi connectivity index (χ0v) is 10.7. The Balaban J connectivity index is 2.26. The van der Waals surface area contributed by atoms with E-state index in [2.05, 4.69) is 22.2 Å². The van der Waals surface area contributed by atoms with Gasteiger partial charge in [-0.3, -0.25) is 0 Å². The molecule has 0 fully saturated rings. The third kappa shape index (κ3) is 2.39. The fourth-order valence-electron chi connectivity index (χ4n) is 1.57. The SMILES string of the molecule is CCSCc1nc2c(c(NC)n1)CSC2. The van der Waals surface area contributed by atoms with Crippen molar-refractivity contribution in [1.82, 2.24) is 9.97 Å². The summed E-state index contributed by atoms with van der Waals surface area (Å²) in [6, 6.07) is 0. The van der Waals surface area contributed by atoms with Gasteiger partial charge in [0.15, 0.2) is 0 Å². The summed E-state index contributed by atoms with van der Waals surface area (Å²) in [7, 11) is 1.93. The van der Waals surface area contributed by atoms with Gasteiger partial charge in [0.05, 0.1) is 11.4 Å². The van der Waals surface area contributed by atoms with Crippen molar-refractivity contribution in [2.45, 2.75) is 24.2 Å². The maximum Gasteiger partial charge on any atom is 0.140 e. The number of nitrogens with one attached hydrogen (secondary N) is 1. The van der Waals surface area contributed by atoms with Crippen molar-refractivity contribution in [3.8, 4) is 0 Å². The number of rotatable bonds is 4. The molecule has 1 aliphatic rings. The van der Waals surface area contributed by atoms with E-state index in [1.165, 1.54) is 11.3 Å². The van der Waals surface area contributed by atoms with Crippen LogP contribution in [0.1, 0.15) is 24.0 Å². The van der Waals surface area contributed by atoms with Crippen LogP contribution in [0.25, 0.3) is 0 Å². The number of hydrogen-bond donors (Lipinski definition) is 1. The Morgan fingerprint density at radius 2 is 2.27 bits per heavy atom. The fourth-order valence-corrected chi connectivity index (χ4v) is 3.12. The average Bonchev–Trinajstić information content (AvgIpc) is 2.73. The molecule has 0 radical (unpaired) electrons. The predicted octanol–water partition coefficient (Wildman–Crippen LogP) is 2.52. The van der Waals surface area contributed by atoms with E-state index in [9.17, 15) is 0 Å². The van der Waals surface area contributed by atoms with E-state index in [0.29, 0.717) is 0 Å². The molecular formula is C10H15N3S2. The number of hydrogen-bond acceptors (Lipinski definition) is 5. The highest BCUT2D eigenvalue weighted by Gasteiger charge is 2.18. The first-order valence-corrected chi connectivity index (χ1v) is 7.38. The summed E-state index contributed by atoms with van der Waals surface area (Å²) in [6.45, 7) is 2.16. The molecule has 1 N–H and O–H groups in total. The molecule has 0 aliphatic carbocycles. The van der Waals surface area contributed by atoms with Gasteiger partial charge in [-0.15, -0.1) is 0 Å². The zero-order chi connectivity index (χ0) is 10.7. The Morgan fingerprint density at radius 3 is 3.00 bits per heavy atom. The second-order valence-corrected chi connectivity index (χ2v) is 5.55. The number of fused-ring (bicyclic) bond motifs is 1. The Labute approximate surface area is 98.9 Å². The Morgan fingerprint density at radius 1 is 1.40 bits per heavy atom. The molecule has 2 rings (SSSR count). The van der Waals surface area contributed by atoms with Crippen LogP contribution in [0, 0.1) is 0 Å². The lowest BCUT2D eigenvalue weighted by molar-refractivity contribution is 0.976. The van der Waals surface area contributed by atoms with Crippen LogP contribution in [-0.2, 0) is 17.3 Å². The summed E-state index contributed by atoms with van der Waals surface area (Å²) in [6.07, 6.45) is 0. The molecule has 3 nitrogen and oxygen atoms in total. The summed E-state index contributed by atoms with van der Waals surface area (Å²) in [4.78, 5) is 9.15. The number of thioether (sulfide) groups is 2. The molecule has 1 aromatic heterocycles. The second-order valence-electron chi connectivity index (χ2n) is 3.29. The van der Waals surface area contributed by atoms with Crippen LogP contribution in [0.3, 0.4) is 0 Å². The molecule has 1 aromatic rings. The predicted molar refractivity (Wildman–Crippen MR) is 68.4 cm³/mol. The van der Waals surface area contributed by atoms with Gasteiger partial charge in [0.2, 0.25) is 0 Å². The third-order valence-electron chi connectivity index (χ3n) is 2.30. The highest BCUT2D eigenvalue weighted by atomic mass is 32.2. The lowest BCUT2D eigenvalue weighted by Crippen LogP contribution is -2.05. The highest BCUT2D eigenvalue weighted by Crippen LogP contribution is 2.32. The molecule has 2 heterocycles. The van der Waals surface area contributed by atoms with Crippen LogP contribution >= 0.6 is 23.5 Å². The summed E-state index contributed by atoms with van der Waals surface area (Å²) in [5.74, 6) is 6.11. The Hall–Kier alpha value is -0.420. The van der Waals surface area contributed by atoms with Crippen LogP contribution in [0.15, 0.2) is 0 Å². The molecule has 0 aromatic carbocycles. The van der Waals surface area contributed by atoms with E-state index in [0.717, 1.165) is 34.7 Å². The molecule has 0 spiro atoms. The van der Waals surface area contributed by atoms with Crippen LogP contribution in [0.5, 0.6) is 0 Å². The monoisotopic (exact) mass is 241 g/mol. The van der Waals surface area contributed by atoms with Crippen molar-refractivity contribution in [3.63, 3.8) is 0 Å². The molecule has 5 heteroatoms. The Kier molecular flexibility index (Phi) is 3.75. The first-order chi connectivity index (χ1) is 7.35. The lowest BCUT2D eigenvalue weighted by atomic mass is 10.2. The summed E-state index contributed by atoms with van der Waals surface area (Å²) < 4.78 is 0.